The highest BCUT2D eigenvalue weighted by Crippen LogP contribution is 2.16. The smallest absolute Gasteiger partial charge is 0.0435 e. The fourth-order valence-electron chi connectivity index (χ4n) is 1.55. The summed E-state index contributed by atoms with van der Waals surface area (Å²) >= 11 is 7.89. The number of rotatable bonds is 7. The van der Waals surface area contributed by atoms with Crippen molar-refractivity contribution < 1.29 is 0 Å². The molecule has 90 valence electrons. The maximum Gasteiger partial charge on any atom is 0.0435 e. The molecule has 0 heterocycles. The molecule has 0 unspecified atom stereocenters. The Balaban J connectivity index is 2.19. The van der Waals surface area contributed by atoms with Crippen molar-refractivity contribution >= 4 is 23.4 Å². The highest BCUT2D eigenvalue weighted by molar-refractivity contribution is 7.98. The standard InChI is InChI=1S/C13H20ClNS/c1-11-9-12(5-6-13(11)14)10-15-7-3-4-8-16-2/h5-6,9,15H,3-4,7-8,10H2,1-2H3. The summed E-state index contributed by atoms with van der Waals surface area (Å²) in [6.07, 6.45) is 4.71. The minimum atomic E-state index is 0.851. The molecule has 1 N–H and O–H groups in total. The molecular weight excluding hydrogens is 238 g/mol. The molecule has 0 radical (unpaired) electrons. The summed E-state index contributed by atoms with van der Waals surface area (Å²) in [5.74, 6) is 1.27. The van der Waals surface area contributed by atoms with Gasteiger partial charge in [-0.25, -0.2) is 0 Å². The second-order valence-electron chi connectivity index (χ2n) is 3.96. The van der Waals surface area contributed by atoms with Gasteiger partial charge in [-0.2, -0.15) is 11.8 Å². The summed E-state index contributed by atoms with van der Waals surface area (Å²) in [6.45, 7) is 4.09. The average Bonchev–Trinajstić information content (AvgIpc) is 2.28. The van der Waals surface area contributed by atoms with Gasteiger partial charge in [0.2, 0.25) is 0 Å². The Morgan fingerprint density at radius 3 is 2.81 bits per heavy atom. The molecule has 1 aromatic carbocycles. The number of halogens is 1. The van der Waals surface area contributed by atoms with Crippen LogP contribution in [0.5, 0.6) is 0 Å². The fourth-order valence-corrected chi connectivity index (χ4v) is 2.16. The zero-order valence-electron chi connectivity index (χ0n) is 10.1. The summed E-state index contributed by atoms with van der Waals surface area (Å²) in [5, 5.41) is 4.31. The van der Waals surface area contributed by atoms with Crippen LogP contribution < -0.4 is 5.32 Å². The summed E-state index contributed by atoms with van der Waals surface area (Å²) in [7, 11) is 0. The van der Waals surface area contributed by atoms with Crippen LogP contribution in [0.4, 0.5) is 0 Å². The van der Waals surface area contributed by atoms with E-state index in [-0.39, 0.29) is 0 Å². The Labute approximate surface area is 108 Å². The molecule has 1 aromatic rings. The Kier molecular flexibility index (Phi) is 6.93. The number of aryl methyl sites for hydroxylation is 1. The molecule has 0 aliphatic rings. The van der Waals surface area contributed by atoms with Crippen LogP contribution in [0, 0.1) is 6.92 Å². The number of unbranched alkanes of at least 4 members (excludes halogenated alkanes) is 1. The van der Waals surface area contributed by atoms with Gasteiger partial charge in [0, 0.05) is 11.6 Å². The second kappa shape index (κ2) is 7.99. The van der Waals surface area contributed by atoms with E-state index < -0.39 is 0 Å². The predicted molar refractivity (Wildman–Crippen MR) is 75.5 cm³/mol. The molecule has 0 aliphatic heterocycles. The molecule has 0 aliphatic carbocycles. The topological polar surface area (TPSA) is 12.0 Å². The molecule has 1 nitrogen and oxygen atoms in total. The van der Waals surface area contributed by atoms with Crippen molar-refractivity contribution in [2.75, 3.05) is 18.6 Å². The van der Waals surface area contributed by atoms with Gasteiger partial charge in [-0.15, -0.1) is 0 Å². The first-order chi connectivity index (χ1) is 7.74. The summed E-state index contributed by atoms with van der Waals surface area (Å²) in [5.41, 5.74) is 2.47. The summed E-state index contributed by atoms with van der Waals surface area (Å²) in [6, 6.07) is 6.21. The van der Waals surface area contributed by atoms with Crippen LogP contribution in [0.15, 0.2) is 18.2 Å². The van der Waals surface area contributed by atoms with Gasteiger partial charge >= 0.3 is 0 Å². The lowest BCUT2D eigenvalue weighted by Crippen LogP contribution is -2.14. The molecule has 0 atom stereocenters. The molecule has 0 bridgehead atoms. The lowest BCUT2D eigenvalue weighted by molar-refractivity contribution is 0.644. The lowest BCUT2D eigenvalue weighted by atomic mass is 10.1. The first-order valence-corrected chi connectivity index (χ1v) is 7.46. The van der Waals surface area contributed by atoms with E-state index in [0.29, 0.717) is 0 Å². The van der Waals surface area contributed by atoms with Gasteiger partial charge < -0.3 is 5.32 Å². The van der Waals surface area contributed by atoms with Crippen LogP contribution in [-0.4, -0.2) is 18.6 Å². The van der Waals surface area contributed by atoms with Gasteiger partial charge in [-0.05, 0) is 55.5 Å². The maximum atomic E-state index is 5.98. The van der Waals surface area contributed by atoms with E-state index in [1.54, 1.807) is 0 Å². The van der Waals surface area contributed by atoms with Gasteiger partial charge in [-0.1, -0.05) is 23.7 Å². The number of benzene rings is 1. The molecule has 0 saturated carbocycles. The largest absolute Gasteiger partial charge is 0.313 e. The van der Waals surface area contributed by atoms with Crippen LogP contribution in [0.3, 0.4) is 0 Å². The van der Waals surface area contributed by atoms with Crippen molar-refractivity contribution in [3.05, 3.63) is 34.3 Å². The zero-order valence-corrected chi connectivity index (χ0v) is 11.6. The molecule has 0 amide bonds. The molecular formula is C13H20ClNS. The van der Waals surface area contributed by atoms with E-state index in [4.69, 9.17) is 11.6 Å². The third-order valence-corrected chi connectivity index (χ3v) is 3.62. The van der Waals surface area contributed by atoms with Crippen molar-refractivity contribution in [3.63, 3.8) is 0 Å². The highest BCUT2D eigenvalue weighted by atomic mass is 35.5. The minimum absolute atomic E-state index is 0.851. The van der Waals surface area contributed by atoms with Crippen molar-refractivity contribution in [1.82, 2.24) is 5.32 Å². The van der Waals surface area contributed by atoms with E-state index in [2.05, 4.69) is 23.7 Å². The van der Waals surface area contributed by atoms with E-state index in [1.807, 2.05) is 24.8 Å². The zero-order chi connectivity index (χ0) is 11.8. The normalized spacial score (nSPS) is 10.7. The van der Waals surface area contributed by atoms with Crippen molar-refractivity contribution in [1.29, 1.82) is 0 Å². The Morgan fingerprint density at radius 1 is 1.31 bits per heavy atom. The third-order valence-electron chi connectivity index (χ3n) is 2.50. The predicted octanol–water partition coefficient (Wildman–Crippen LogP) is 3.88. The summed E-state index contributed by atoms with van der Waals surface area (Å²) < 4.78 is 0. The first-order valence-electron chi connectivity index (χ1n) is 5.68. The van der Waals surface area contributed by atoms with E-state index >= 15 is 0 Å². The minimum Gasteiger partial charge on any atom is -0.313 e. The van der Waals surface area contributed by atoms with Crippen molar-refractivity contribution in [2.24, 2.45) is 0 Å². The number of hydrogen-bond acceptors (Lipinski definition) is 2. The van der Waals surface area contributed by atoms with E-state index in [0.717, 1.165) is 23.7 Å². The van der Waals surface area contributed by atoms with Crippen LogP contribution in [0.25, 0.3) is 0 Å². The van der Waals surface area contributed by atoms with Crippen LogP contribution in [-0.2, 0) is 6.54 Å². The number of hydrogen-bond donors (Lipinski definition) is 1. The quantitative estimate of drug-likeness (QED) is 0.744. The van der Waals surface area contributed by atoms with Gasteiger partial charge in [-0.3, -0.25) is 0 Å². The van der Waals surface area contributed by atoms with Gasteiger partial charge in [0.1, 0.15) is 0 Å². The number of thioether (sulfide) groups is 1. The number of nitrogens with one attached hydrogen (secondary N) is 1. The van der Waals surface area contributed by atoms with Crippen LogP contribution in [0.1, 0.15) is 24.0 Å². The first kappa shape index (κ1) is 13.9. The third kappa shape index (κ3) is 5.24. The van der Waals surface area contributed by atoms with Gasteiger partial charge in [0.05, 0.1) is 0 Å². The molecule has 1 rings (SSSR count). The van der Waals surface area contributed by atoms with Gasteiger partial charge in [0.25, 0.3) is 0 Å². The van der Waals surface area contributed by atoms with Crippen LogP contribution in [0.2, 0.25) is 5.02 Å². The highest BCUT2D eigenvalue weighted by Gasteiger charge is 1.97. The Bertz CT molecular complexity index is 315. The maximum absolute atomic E-state index is 5.98. The Morgan fingerprint density at radius 2 is 2.12 bits per heavy atom. The molecule has 3 heteroatoms. The molecule has 0 saturated heterocycles. The molecule has 0 aromatic heterocycles. The Hall–Kier alpha value is -0.180. The monoisotopic (exact) mass is 257 g/mol. The molecule has 16 heavy (non-hydrogen) atoms. The fraction of sp³-hybridized carbons (Fsp3) is 0.538. The van der Waals surface area contributed by atoms with Crippen molar-refractivity contribution in [3.8, 4) is 0 Å². The summed E-state index contributed by atoms with van der Waals surface area (Å²) in [4.78, 5) is 0. The van der Waals surface area contributed by atoms with E-state index in [9.17, 15) is 0 Å². The van der Waals surface area contributed by atoms with E-state index in [1.165, 1.54) is 24.2 Å². The van der Waals surface area contributed by atoms with Crippen LogP contribution >= 0.6 is 23.4 Å². The second-order valence-corrected chi connectivity index (χ2v) is 5.35. The SMILES string of the molecule is CSCCCCNCc1ccc(Cl)c(C)c1. The molecule has 0 fully saturated rings. The van der Waals surface area contributed by atoms with Gasteiger partial charge in [0.15, 0.2) is 0 Å². The van der Waals surface area contributed by atoms with Crippen molar-refractivity contribution in [2.45, 2.75) is 26.3 Å². The molecule has 0 spiro atoms. The average molecular weight is 258 g/mol. The lowest BCUT2D eigenvalue weighted by Gasteiger charge is -2.06.